The Balaban J connectivity index is 2.02. The predicted octanol–water partition coefficient (Wildman–Crippen LogP) is -0.297. The van der Waals surface area contributed by atoms with E-state index in [1.54, 1.807) is 18.0 Å². The summed E-state index contributed by atoms with van der Waals surface area (Å²) >= 11 is 0. The minimum Gasteiger partial charge on any atom is -0.394 e. The average molecular weight is 265 g/mol. The van der Waals surface area contributed by atoms with E-state index >= 15 is 0 Å². The van der Waals surface area contributed by atoms with Crippen molar-refractivity contribution in [3.63, 3.8) is 0 Å². The Morgan fingerprint density at radius 2 is 2.37 bits per heavy atom. The average Bonchev–Trinajstić information content (AvgIpc) is 3.02. The number of nitrogen functional groups attached to an aromatic ring is 1. The third-order valence-electron chi connectivity index (χ3n) is 3.31. The molecule has 8 heteroatoms. The largest absolute Gasteiger partial charge is 0.394 e. The van der Waals surface area contributed by atoms with E-state index in [0.717, 1.165) is 0 Å². The smallest absolute Gasteiger partial charge is 0.167 e. The van der Waals surface area contributed by atoms with Crippen LogP contribution >= 0.6 is 0 Å². The normalized spacial score (nSPS) is 27.2. The number of imidazole rings is 1. The molecule has 1 unspecified atom stereocenters. The molecule has 3 rings (SSSR count). The van der Waals surface area contributed by atoms with E-state index in [1.165, 1.54) is 6.33 Å². The molecular weight excluding hydrogens is 250 g/mol. The van der Waals surface area contributed by atoms with E-state index in [4.69, 9.17) is 15.2 Å². The molecule has 0 radical (unpaired) electrons. The third-order valence-corrected chi connectivity index (χ3v) is 3.31. The van der Waals surface area contributed by atoms with Gasteiger partial charge in [0.1, 0.15) is 17.9 Å². The summed E-state index contributed by atoms with van der Waals surface area (Å²) in [7, 11) is 1.61. The maximum atomic E-state index is 9.20. The van der Waals surface area contributed by atoms with Crippen LogP contribution in [0.1, 0.15) is 12.6 Å². The molecule has 3 N–H and O–H groups in total. The van der Waals surface area contributed by atoms with Crippen molar-refractivity contribution in [2.45, 2.75) is 24.9 Å². The van der Waals surface area contributed by atoms with Crippen LogP contribution in [-0.2, 0) is 9.47 Å². The van der Waals surface area contributed by atoms with Crippen molar-refractivity contribution in [2.24, 2.45) is 0 Å². The Morgan fingerprint density at radius 1 is 1.53 bits per heavy atom. The number of methoxy groups -OCH3 is 1. The van der Waals surface area contributed by atoms with Crippen molar-refractivity contribution >= 4 is 17.0 Å². The number of fused-ring (bicyclic) bond motifs is 1. The van der Waals surface area contributed by atoms with Gasteiger partial charge in [-0.2, -0.15) is 0 Å². The summed E-state index contributed by atoms with van der Waals surface area (Å²) in [6, 6.07) is 0. The monoisotopic (exact) mass is 265 g/mol. The second-order valence-electron chi connectivity index (χ2n) is 4.42. The summed E-state index contributed by atoms with van der Waals surface area (Å²) < 4.78 is 12.9. The second-order valence-corrected chi connectivity index (χ2v) is 4.42. The number of rotatable bonds is 3. The van der Waals surface area contributed by atoms with Crippen molar-refractivity contribution in [1.82, 2.24) is 19.5 Å². The van der Waals surface area contributed by atoms with Crippen LogP contribution in [0.15, 0.2) is 12.7 Å². The number of aromatic nitrogens is 4. The van der Waals surface area contributed by atoms with Crippen LogP contribution in [0.3, 0.4) is 0 Å². The Hall–Kier alpha value is -1.77. The van der Waals surface area contributed by atoms with Crippen molar-refractivity contribution < 1.29 is 14.6 Å². The highest BCUT2D eigenvalue weighted by Gasteiger charge is 2.37. The lowest BCUT2D eigenvalue weighted by Gasteiger charge is -2.18. The minimum absolute atomic E-state index is 0.0416. The maximum Gasteiger partial charge on any atom is 0.167 e. The van der Waals surface area contributed by atoms with Crippen LogP contribution in [-0.4, -0.2) is 50.6 Å². The lowest BCUT2D eigenvalue weighted by atomic mass is 10.2. The molecule has 2 aromatic heterocycles. The summed E-state index contributed by atoms with van der Waals surface area (Å²) in [5.74, 6) is 0.328. The second kappa shape index (κ2) is 4.72. The van der Waals surface area contributed by atoms with Crippen LogP contribution in [0.5, 0.6) is 0 Å². The molecule has 8 nitrogen and oxygen atoms in total. The van der Waals surface area contributed by atoms with E-state index in [2.05, 4.69) is 15.0 Å². The van der Waals surface area contributed by atoms with Gasteiger partial charge in [-0.25, -0.2) is 15.0 Å². The van der Waals surface area contributed by atoms with Gasteiger partial charge in [-0.1, -0.05) is 0 Å². The lowest BCUT2D eigenvalue weighted by molar-refractivity contribution is -0.0583. The predicted molar refractivity (Wildman–Crippen MR) is 66.1 cm³/mol. The van der Waals surface area contributed by atoms with Crippen LogP contribution < -0.4 is 5.73 Å². The highest BCUT2D eigenvalue weighted by molar-refractivity contribution is 5.81. The fourth-order valence-corrected chi connectivity index (χ4v) is 2.35. The van der Waals surface area contributed by atoms with Gasteiger partial charge in [0.25, 0.3) is 0 Å². The van der Waals surface area contributed by atoms with E-state index in [1.807, 2.05) is 0 Å². The van der Waals surface area contributed by atoms with Crippen molar-refractivity contribution in [3.8, 4) is 0 Å². The molecule has 102 valence electrons. The molecule has 1 saturated heterocycles. The van der Waals surface area contributed by atoms with Crippen LogP contribution in [0.2, 0.25) is 0 Å². The van der Waals surface area contributed by atoms with Crippen LogP contribution in [0.4, 0.5) is 5.82 Å². The molecule has 0 aliphatic carbocycles. The summed E-state index contributed by atoms with van der Waals surface area (Å²) in [6.45, 7) is -0.0416. The Bertz CT molecular complexity index is 587. The SMILES string of the molecule is COC1C[C@@H](CO)O[C@H]1n1cnc2c(N)ncnc21. The molecule has 0 spiro atoms. The Morgan fingerprint density at radius 3 is 3.11 bits per heavy atom. The molecule has 1 aliphatic heterocycles. The van der Waals surface area contributed by atoms with Crippen molar-refractivity contribution in [2.75, 3.05) is 19.5 Å². The number of aliphatic hydroxyl groups excluding tert-OH is 1. The molecule has 2 aromatic rings. The molecule has 3 atom stereocenters. The number of nitrogens with zero attached hydrogens (tertiary/aromatic N) is 4. The zero-order valence-corrected chi connectivity index (χ0v) is 10.4. The first-order chi connectivity index (χ1) is 9.24. The Kier molecular flexibility index (Phi) is 3.05. The first-order valence-corrected chi connectivity index (χ1v) is 5.96. The molecule has 0 bridgehead atoms. The van der Waals surface area contributed by atoms with Gasteiger partial charge in [0.2, 0.25) is 0 Å². The van der Waals surface area contributed by atoms with Gasteiger partial charge in [-0.15, -0.1) is 0 Å². The first-order valence-electron chi connectivity index (χ1n) is 5.96. The summed E-state index contributed by atoms with van der Waals surface area (Å²) in [5, 5.41) is 9.20. The number of aliphatic hydroxyl groups is 1. The van der Waals surface area contributed by atoms with E-state index < -0.39 is 0 Å². The third kappa shape index (κ3) is 1.93. The minimum atomic E-state index is -0.374. The van der Waals surface area contributed by atoms with Gasteiger partial charge >= 0.3 is 0 Å². The molecule has 1 fully saturated rings. The summed E-state index contributed by atoms with van der Waals surface area (Å²) in [5.41, 5.74) is 6.88. The zero-order chi connectivity index (χ0) is 13.4. The molecular formula is C11H15N5O3. The molecule has 19 heavy (non-hydrogen) atoms. The quantitative estimate of drug-likeness (QED) is 0.784. The summed E-state index contributed by atoms with van der Waals surface area (Å²) in [4.78, 5) is 12.3. The zero-order valence-electron chi connectivity index (χ0n) is 10.4. The fraction of sp³-hybridized carbons (Fsp3) is 0.545. The van der Waals surface area contributed by atoms with E-state index in [-0.39, 0.29) is 25.0 Å². The standard InChI is InChI=1S/C11H15N5O3/c1-18-7-2-6(3-17)19-11(7)16-5-15-8-9(12)13-4-14-10(8)16/h4-7,11,17H,2-3H2,1H3,(H2,12,13,14)/t6-,7?,11+/m0/s1. The van der Waals surface area contributed by atoms with E-state index in [0.29, 0.717) is 23.4 Å². The molecule has 1 aliphatic rings. The highest BCUT2D eigenvalue weighted by atomic mass is 16.6. The molecule has 0 aromatic carbocycles. The number of ether oxygens (including phenoxy) is 2. The number of nitrogens with two attached hydrogens (primary N) is 1. The number of hydrogen-bond acceptors (Lipinski definition) is 7. The molecule has 3 heterocycles. The topological polar surface area (TPSA) is 108 Å². The Labute approximate surface area is 109 Å². The lowest BCUT2D eigenvalue weighted by Crippen LogP contribution is -2.21. The van der Waals surface area contributed by atoms with Crippen molar-refractivity contribution in [3.05, 3.63) is 12.7 Å². The maximum absolute atomic E-state index is 9.20. The first kappa shape index (κ1) is 12.3. The van der Waals surface area contributed by atoms with Gasteiger partial charge in [0.05, 0.1) is 19.0 Å². The number of anilines is 1. The van der Waals surface area contributed by atoms with Crippen LogP contribution in [0, 0.1) is 0 Å². The van der Waals surface area contributed by atoms with Gasteiger partial charge in [-0.05, 0) is 0 Å². The fourth-order valence-electron chi connectivity index (χ4n) is 2.35. The van der Waals surface area contributed by atoms with Gasteiger partial charge in [0.15, 0.2) is 17.7 Å². The van der Waals surface area contributed by atoms with Gasteiger partial charge in [-0.3, -0.25) is 4.57 Å². The highest BCUT2D eigenvalue weighted by Crippen LogP contribution is 2.32. The van der Waals surface area contributed by atoms with Crippen LogP contribution in [0.25, 0.3) is 11.2 Å². The van der Waals surface area contributed by atoms with E-state index in [9.17, 15) is 5.11 Å². The number of hydrogen-bond donors (Lipinski definition) is 2. The molecule has 0 saturated carbocycles. The van der Waals surface area contributed by atoms with Gasteiger partial charge < -0.3 is 20.3 Å². The van der Waals surface area contributed by atoms with Crippen molar-refractivity contribution in [1.29, 1.82) is 0 Å². The summed E-state index contributed by atoms with van der Waals surface area (Å²) in [6.07, 6.45) is 2.83. The molecule has 0 amide bonds. The van der Waals surface area contributed by atoms with Gasteiger partial charge in [0, 0.05) is 13.5 Å².